The van der Waals surface area contributed by atoms with Gasteiger partial charge >= 0.3 is 16.4 Å². The third kappa shape index (κ3) is 36.7. The lowest BCUT2D eigenvalue weighted by Gasteiger charge is -2.41. The van der Waals surface area contributed by atoms with Gasteiger partial charge in [-0.2, -0.15) is 8.42 Å². The molecule has 0 aliphatic carbocycles. The van der Waals surface area contributed by atoms with Crippen LogP contribution in [0, 0.1) is 0 Å². The van der Waals surface area contributed by atoms with Crippen LogP contribution < -0.4 is 0 Å². The molecule has 1 saturated heterocycles. The molecule has 0 aromatic carbocycles. The van der Waals surface area contributed by atoms with Gasteiger partial charge in [-0.1, -0.05) is 184 Å². The molecule has 0 aromatic rings. The highest BCUT2D eigenvalue weighted by atomic mass is 32.3. The average Bonchev–Trinajstić information content (AvgIpc) is 3.28. The molecule has 0 aromatic heterocycles. The van der Waals surface area contributed by atoms with Gasteiger partial charge in [0.25, 0.3) is 0 Å². The van der Waals surface area contributed by atoms with E-state index >= 15 is 0 Å². The van der Waals surface area contributed by atoms with E-state index in [1.807, 2.05) is 0 Å². The third-order valence-corrected chi connectivity index (χ3v) is 12.1. The van der Waals surface area contributed by atoms with Crippen LogP contribution in [0.1, 0.15) is 213 Å². The van der Waals surface area contributed by atoms with E-state index < -0.39 is 59.8 Å². The highest BCUT2D eigenvalue weighted by molar-refractivity contribution is 7.80. The van der Waals surface area contributed by atoms with Gasteiger partial charge in [-0.15, -0.1) is 0 Å². The minimum atomic E-state index is -5.07. The molecular weight excluding hydrogens is 849 g/mol. The molecule has 1 heterocycles. The third-order valence-electron chi connectivity index (χ3n) is 11.7. The van der Waals surface area contributed by atoms with Crippen LogP contribution in [0.2, 0.25) is 0 Å². The second-order valence-corrected chi connectivity index (χ2v) is 18.8. The summed E-state index contributed by atoms with van der Waals surface area (Å²) in [4.78, 5) is 12.9. The van der Waals surface area contributed by atoms with Crippen molar-refractivity contribution in [3.05, 3.63) is 48.6 Å². The topological polar surface area (TPSA) is 178 Å². The largest absolute Gasteiger partial charge is 0.457 e. The van der Waals surface area contributed by atoms with Crippen LogP contribution in [-0.4, -0.2) is 97.5 Å². The second kappa shape index (κ2) is 43.3. The fourth-order valence-electron chi connectivity index (χ4n) is 7.72. The number of carbonyl (C=O) groups is 1. The molecule has 6 unspecified atom stereocenters. The van der Waals surface area contributed by atoms with E-state index in [-0.39, 0.29) is 19.6 Å². The highest BCUT2D eigenvalue weighted by Crippen LogP contribution is 2.26. The lowest BCUT2D eigenvalue weighted by Crippen LogP contribution is -2.60. The summed E-state index contributed by atoms with van der Waals surface area (Å²) < 4.78 is 59.2. The Bertz CT molecular complexity index is 1320. The standard InChI is InChI=1S/C52H94O12S/c1-3-5-7-9-11-13-15-17-19-20-21-22-23-24-25-26-27-29-31-33-35-37-39-41-48(54)62-46(45-61-52-50(56)51(64-65(57,58)59)49(55)47(43-53)63-52)44-60-42-40-38-36-34-32-30-28-18-16-14-12-10-8-6-4-2/h10,12,15-18,20-21,46-47,49-53,55-56H,3-9,11,13-14,19,22-45H2,1-2H3,(H,57,58,59)/b12-10-,17-15-,18-16-,21-20-. The highest BCUT2D eigenvalue weighted by Gasteiger charge is 2.48. The molecule has 1 rings (SSSR count). The smallest absolute Gasteiger partial charge is 0.397 e. The molecule has 0 amide bonds. The normalized spacial score (nSPS) is 20.0. The number of hydrogen-bond acceptors (Lipinski definition) is 11. The van der Waals surface area contributed by atoms with Crippen molar-refractivity contribution in [1.29, 1.82) is 0 Å². The summed E-state index contributed by atoms with van der Waals surface area (Å²) in [5, 5.41) is 30.7. The number of hydrogen-bond donors (Lipinski definition) is 4. The monoisotopic (exact) mass is 943 g/mol. The first-order valence-corrected chi connectivity index (χ1v) is 27.3. The van der Waals surface area contributed by atoms with Crippen LogP contribution in [0.4, 0.5) is 0 Å². The maximum atomic E-state index is 12.9. The number of unbranched alkanes of at least 4 members (excludes halogenated alkanes) is 24. The number of aliphatic hydroxyl groups is 3. The van der Waals surface area contributed by atoms with Crippen molar-refractivity contribution < 1.29 is 56.2 Å². The molecule has 0 spiro atoms. The zero-order valence-corrected chi connectivity index (χ0v) is 41.6. The molecule has 13 heteroatoms. The molecule has 0 radical (unpaired) electrons. The predicted molar refractivity (Wildman–Crippen MR) is 262 cm³/mol. The molecule has 6 atom stereocenters. The van der Waals surface area contributed by atoms with Crippen molar-refractivity contribution in [1.82, 2.24) is 0 Å². The summed E-state index contributed by atoms with van der Waals surface area (Å²) in [7, 11) is -5.07. The molecule has 0 bridgehead atoms. The molecule has 1 aliphatic heterocycles. The first-order chi connectivity index (χ1) is 31.6. The Morgan fingerprint density at radius 1 is 0.585 bits per heavy atom. The predicted octanol–water partition coefficient (Wildman–Crippen LogP) is 11.9. The summed E-state index contributed by atoms with van der Waals surface area (Å²) in [6, 6.07) is 0. The van der Waals surface area contributed by atoms with Crippen molar-refractivity contribution in [3.63, 3.8) is 0 Å². The van der Waals surface area contributed by atoms with E-state index in [1.54, 1.807) is 0 Å². The van der Waals surface area contributed by atoms with Crippen molar-refractivity contribution >= 4 is 16.4 Å². The molecule has 1 aliphatic rings. The minimum Gasteiger partial charge on any atom is -0.457 e. The van der Waals surface area contributed by atoms with E-state index in [0.717, 1.165) is 70.6 Å². The summed E-state index contributed by atoms with van der Waals surface area (Å²) in [6.45, 7) is 3.93. The fraction of sp³-hybridized carbons (Fsp3) is 0.827. The zero-order chi connectivity index (χ0) is 47.5. The fourth-order valence-corrected chi connectivity index (χ4v) is 8.23. The lowest BCUT2D eigenvalue weighted by atomic mass is 9.99. The molecule has 380 valence electrons. The van der Waals surface area contributed by atoms with Gasteiger partial charge < -0.3 is 34.3 Å². The summed E-state index contributed by atoms with van der Waals surface area (Å²) in [6.07, 6.45) is 44.3. The van der Waals surface area contributed by atoms with E-state index in [4.69, 9.17) is 18.9 Å². The van der Waals surface area contributed by atoms with Crippen LogP contribution in [0.3, 0.4) is 0 Å². The van der Waals surface area contributed by atoms with Gasteiger partial charge in [0.15, 0.2) is 6.29 Å². The van der Waals surface area contributed by atoms with Crippen molar-refractivity contribution in [3.8, 4) is 0 Å². The lowest BCUT2D eigenvalue weighted by molar-refractivity contribution is -0.301. The Kier molecular flexibility index (Phi) is 40.7. The molecule has 1 fully saturated rings. The number of aliphatic hydroxyl groups excluding tert-OH is 3. The van der Waals surface area contributed by atoms with E-state index in [2.05, 4.69) is 66.6 Å². The van der Waals surface area contributed by atoms with Crippen molar-refractivity contribution in [2.45, 2.75) is 250 Å². The number of rotatable bonds is 45. The van der Waals surface area contributed by atoms with Gasteiger partial charge in [0.1, 0.15) is 30.5 Å². The molecular formula is C52H94O12S. The number of carbonyl (C=O) groups excluding carboxylic acids is 1. The number of ether oxygens (including phenoxy) is 4. The Balaban J connectivity index is 2.34. The van der Waals surface area contributed by atoms with Gasteiger partial charge in [0.05, 0.1) is 19.8 Å². The van der Waals surface area contributed by atoms with Gasteiger partial charge in [0, 0.05) is 13.0 Å². The average molecular weight is 943 g/mol. The van der Waals surface area contributed by atoms with E-state index in [0.29, 0.717) is 13.0 Å². The van der Waals surface area contributed by atoms with Gasteiger partial charge in [0.2, 0.25) is 0 Å². The maximum Gasteiger partial charge on any atom is 0.397 e. The van der Waals surface area contributed by atoms with Gasteiger partial charge in [-0.05, 0) is 70.6 Å². The van der Waals surface area contributed by atoms with Crippen LogP contribution in [0.15, 0.2) is 48.6 Å². The van der Waals surface area contributed by atoms with Crippen LogP contribution >= 0.6 is 0 Å². The quantitative estimate of drug-likeness (QED) is 0.0197. The SMILES string of the molecule is CCCC/C=C\C/C=C\CCCCCCCCOCC(COC1OC(CO)C(O)C(OS(=O)(=O)O)C1O)OC(=O)CCCCCCCCCCCCC/C=C\C/C=C\CCCCCCC. The Labute approximate surface area is 396 Å². The van der Waals surface area contributed by atoms with Gasteiger partial charge in [-0.25, -0.2) is 4.18 Å². The number of allylic oxidation sites excluding steroid dienone is 8. The van der Waals surface area contributed by atoms with Gasteiger partial charge in [-0.3, -0.25) is 9.35 Å². The second-order valence-electron chi connectivity index (χ2n) is 17.8. The Morgan fingerprint density at radius 2 is 1.03 bits per heavy atom. The number of esters is 1. The Morgan fingerprint density at radius 3 is 1.51 bits per heavy atom. The van der Waals surface area contributed by atoms with E-state index in [9.17, 15) is 33.1 Å². The summed E-state index contributed by atoms with van der Waals surface area (Å²) in [5.41, 5.74) is 0. The van der Waals surface area contributed by atoms with Crippen molar-refractivity contribution in [2.75, 3.05) is 26.4 Å². The van der Waals surface area contributed by atoms with E-state index in [1.165, 1.54) is 116 Å². The van der Waals surface area contributed by atoms with Crippen molar-refractivity contribution in [2.24, 2.45) is 0 Å². The molecule has 0 saturated carbocycles. The first kappa shape index (κ1) is 61.1. The maximum absolute atomic E-state index is 12.9. The summed E-state index contributed by atoms with van der Waals surface area (Å²) in [5.74, 6) is -0.405. The molecule has 4 N–H and O–H groups in total. The molecule has 12 nitrogen and oxygen atoms in total. The zero-order valence-electron chi connectivity index (χ0n) is 40.8. The summed E-state index contributed by atoms with van der Waals surface area (Å²) >= 11 is 0. The molecule has 65 heavy (non-hydrogen) atoms. The Hall–Kier alpha value is -1.94. The van der Waals surface area contributed by atoms with Crippen LogP contribution in [0.25, 0.3) is 0 Å². The van der Waals surface area contributed by atoms with Crippen LogP contribution in [-0.2, 0) is 38.3 Å². The minimum absolute atomic E-state index is 0.0277. The first-order valence-electron chi connectivity index (χ1n) is 25.9. The van der Waals surface area contributed by atoms with Crippen LogP contribution in [0.5, 0.6) is 0 Å².